The van der Waals surface area contributed by atoms with Crippen molar-refractivity contribution in [2.24, 2.45) is 0 Å². The molecule has 57 heavy (non-hydrogen) atoms. The third-order valence-electron chi connectivity index (χ3n) is 10.5. The lowest BCUT2D eigenvalue weighted by Gasteiger charge is -2.37. The molecule has 11 heteroatoms. The SMILES string of the molecule is COc1ccc(C(OCCCCCC(=O)N2CCC[C@H]2C(=O)NCCCCOP(CCCC#N)N(C(C)C)C(C)C)(c2ccccc2)c2ccc(OC)cc2)cc1. The summed E-state index contributed by atoms with van der Waals surface area (Å²) in [5, 5.41) is 12.1. The van der Waals surface area contributed by atoms with Crippen molar-refractivity contribution in [1.82, 2.24) is 14.9 Å². The second-order valence-electron chi connectivity index (χ2n) is 15.1. The van der Waals surface area contributed by atoms with Gasteiger partial charge in [0, 0.05) is 50.8 Å². The van der Waals surface area contributed by atoms with Crippen LogP contribution in [0.25, 0.3) is 0 Å². The van der Waals surface area contributed by atoms with E-state index in [1.165, 1.54) is 0 Å². The molecule has 1 saturated heterocycles. The van der Waals surface area contributed by atoms with Gasteiger partial charge in [0.15, 0.2) is 0 Å². The summed E-state index contributed by atoms with van der Waals surface area (Å²) in [6.07, 6.45) is 8.17. The summed E-state index contributed by atoms with van der Waals surface area (Å²) in [6.45, 7) is 11.1. The molecular formula is C46H65N4O6P. The fourth-order valence-electron chi connectivity index (χ4n) is 7.71. The highest BCUT2D eigenvalue weighted by Crippen LogP contribution is 2.46. The highest BCUT2D eigenvalue weighted by Gasteiger charge is 2.38. The van der Waals surface area contributed by atoms with Gasteiger partial charge in [-0.3, -0.25) is 14.3 Å². The van der Waals surface area contributed by atoms with Crippen LogP contribution in [-0.2, 0) is 24.5 Å². The lowest BCUT2D eigenvalue weighted by Crippen LogP contribution is -2.46. The molecule has 1 heterocycles. The quantitative estimate of drug-likeness (QED) is 0.0513. The molecule has 310 valence electrons. The van der Waals surface area contributed by atoms with E-state index < -0.39 is 19.9 Å². The number of rotatable bonds is 25. The lowest BCUT2D eigenvalue weighted by molar-refractivity contribution is -0.138. The number of hydrogen-bond donors (Lipinski definition) is 1. The second kappa shape index (κ2) is 24.0. The molecule has 10 nitrogen and oxygen atoms in total. The number of carbonyl (C=O) groups is 2. The van der Waals surface area contributed by atoms with Crippen molar-refractivity contribution in [3.05, 3.63) is 95.6 Å². The molecule has 1 aliphatic rings. The highest BCUT2D eigenvalue weighted by atomic mass is 31.2. The summed E-state index contributed by atoms with van der Waals surface area (Å²) < 4.78 is 26.7. The Morgan fingerprint density at radius 2 is 1.42 bits per heavy atom. The average molecular weight is 801 g/mol. The van der Waals surface area contributed by atoms with Gasteiger partial charge in [0.25, 0.3) is 0 Å². The van der Waals surface area contributed by atoms with Crippen LogP contribution in [0.2, 0.25) is 0 Å². The number of nitrogens with one attached hydrogen (secondary N) is 1. The van der Waals surface area contributed by atoms with Crippen LogP contribution in [0.3, 0.4) is 0 Å². The summed E-state index contributed by atoms with van der Waals surface area (Å²) >= 11 is 0. The monoisotopic (exact) mass is 800 g/mol. The predicted molar refractivity (Wildman–Crippen MR) is 228 cm³/mol. The van der Waals surface area contributed by atoms with Crippen molar-refractivity contribution < 1.29 is 28.3 Å². The van der Waals surface area contributed by atoms with E-state index in [1.807, 2.05) is 42.5 Å². The normalized spacial score (nSPS) is 14.9. The number of benzene rings is 3. The first-order valence-electron chi connectivity index (χ1n) is 20.8. The van der Waals surface area contributed by atoms with Crippen molar-refractivity contribution in [3.63, 3.8) is 0 Å². The fourth-order valence-corrected chi connectivity index (χ4v) is 10.0. The van der Waals surface area contributed by atoms with Crippen LogP contribution in [0.5, 0.6) is 11.5 Å². The molecule has 0 bridgehead atoms. The molecule has 4 rings (SSSR count). The zero-order chi connectivity index (χ0) is 41.0. The number of methoxy groups -OCH3 is 2. The summed E-state index contributed by atoms with van der Waals surface area (Å²) in [5.74, 6) is 1.53. The number of nitrogens with zero attached hydrogens (tertiary/aromatic N) is 3. The fraction of sp³-hybridized carbons (Fsp3) is 0.543. The highest BCUT2D eigenvalue weighted by molar-refractivity contribution is 7.50. The molecule has 1 fully saturated rings. The number of amides is 2. The number of unbranched alkanes of at least 4 members (excludes halogenated alkanes) is 4. The van der Waals surface area contributed by atoms with Gasteiger partial charge in [0.1, 0.15) is 31.4 Å². The van der Waals surface area contributed by atoms with E-state index in [4.69, 9.17) is 24.0 Å². The van der Waals surface area contributed by atoms with Crippen molar-refractivity contribution in [1.29, 1.82) is 5.26 Å². The molecule has 2 amide bonds. The van der Waals surface area contributed by atoms with Gasteiger partial charge < -0.3 is 29.0 Å². The maximum Gasteiger partial charge on any atom is 0.242 e. The van der Waals surface area contributed by atoms with Crippen LogP contribution in [0.1, 0.15) is 109 Å². The Kier molecular flexibility index (Phi) is 19.3. The van der Waals surface area contributed by atoms with Gasteiger partial charge in [-0.1, -0.05) is 61.0 Å². The Balaban J connectivity index is 1.26. The maximum atomic E-state index is 13.4. The lowest BCUT2D eigenvalue weighted by atomic mass is 9.80. The molecule has 0 radical (unpaired) electrons. The largest absolute Gasteiger partial charge is 0.497 e. The third kappa shape index (κ3) is 13.0. The van der Waals surface area contributed by atoms with Crippen LogP contribution in [-0.4, -0.2) is 86.2 Å². The molecule has 0 spiro atoms. The molecule has 0 aliphatic carbocycles. The number of likely N-dealkylation sites (tertiary alicyclic amines) is 1. The van der Waals surface area contributed by atoms with Crippen molar-refractivity contribution in [2.45, 2.75) is 116 Å². The van der Waals surface area contributed by atoms with E-state index in [9.17, 15) is 9.59 Å². The molecular weight excluding hydrogens is 736 g/mol. The van der Waals surface area contributed by atoms with Gasteiger partial charge >= 0.3 is 0 Å². The maximum absolute atomic E-state index is 13.4. The van der Waals surface area contributed by atoms with Crippen LogP contribution in [0.4, 0.5) is 0 Å². The standard InChI is InChI=1S/C46H65N4O6P/c1-36(2)50(37(3)4)57(35-16-12-30-47)56-34-15-13-31-48-45(52)43-20-17-32-49(43)44(51)21-11-8-14-33-55-46(38-18-9-7-10-19-38,39-22-26-41(53-5)27-23-39)40-24-28-42(54-6)29-25-40/h7,9-10,18-19,22-29,36-37,43H,8,11-17,20-21,31-35H2,1-6H3,(H,48,52)/t43-,57?/m0/s1. The van der Waals surface area contributed by atoms with Gasteiger partial charge in [0.05, 0.1) is 26.9 Å². The first-order chi connectivity index (χ1) is 27.7. The summed E-state index contributed by atoms with van der Waals surface area (Å²) in [4.78, 5) is 28.4. The average Bonchev–Trinajstić information content (AvgIpc) is 3.73. The minimum absolute atomic E-state index is 0.0432. The topological polar surface area (TPSA) is 113 Å². The Bertz CT molecular complexity index is 1610. The number of ether oxygens (including phenoxy) is 3. The molecule has 0 saturated carbocycles. The van der Waals surface area contributed by atoms with Crippen LogP contribution in [0, 0.1) is 11.3 Å². The number of carbonyl (C=O) groups excluding carboxylic acids is 2. The zero-order valence-electron chi connectivity index (χ0n) is 35.1. The first-order valence-corrected chi connectivity index (χ1v) is 22.2. The first kappa shape index (κ1) is 45.7. The van der Waals surface area contributed by atoms with Crippen LogP contribution < -0.4 is 14.8 Å². The Morgan fingerprint density at radius 1 is 0.825 bits per heavy atom. The van der Waals surface area contributed by atoms with E-state index in [2.05, 4.69) is 80.1 Å². The third-order valence-corrected chi connectivity index (χ3v) is 13.1. The number of hydrogen-bond acceptors (Lipinski definition) is 8. The molecule has 1 aliphatic heterocycles. The van der Waals surface area contributed by atoms with Crippen molar-refractivity contribution in [2.75, 3.05) is 46.7 Å². The van der Waals surface area contributed by atoms with E-state index >= 15 is 0 Å². The van der Waals surface area contributed by atoms with Gasteiger partial charge in [0.2, 0.25) is 11.8 Å². The van der Waals surface area contributed by atoms with Crippen molar-refractivity contribution >= 4 is 20.1 Å². The van der Waals surface area contributed by atoms with E-state index in [0.29, 0.717) is 57.6 Å². The molecule has 3 aromatic rings. The number of nitriles is 1. The zero-order valence-corrected chi connectivity index (χ0v) is 36.0. The smallest absolute Gasteiger partial charge is 0.242 e. The minimum atomic E-state index is -0.872. The van der Waals surface area contributed by atoms with E-state index in [1.54, 1.807) is 19.1 Å². The molecule has 1 N–H and O–H groups in total. The van der Waals surface area contributed by atoms with E-state index in [0.717, 1.165) is 79.3 Å². The molecule has 2 atom stereocenters. The summed E-state index contributed by atoms with van der Waals surface area (Å²) in [6, 6.07) is 28.9. The van der Waals surface area contributed by atoms with Crippen LogP contribution >= 0.6 is 8.30 Å². The molecule has 3 aromatic carbocycles. The van der Waals surface area contributed by atoms with Crippen LogP contribution in [0.15, 0.2) is 78.9 Å². The molecule has 0 aromatic heterocycles. The Morgan fingerprint density at radius 3 is 2.00 bits per heavy atom. The Labute approximate surface area is 343 Å². The van der Waals surface area contributed by atoms with Crippen molar-refractivity contribution in [3.8, 4) is 17.6 Å². The van der Waals surface area contributed by atoms with Gasteiger partial charge in [-0.25, -0.2) is 0 Å². The molecule has 1 unspecified atom stereocenters. The van der Waals surface area contributed by atoms with Gasteiger partial charge in [-0.15, -0.1) is 0 Å². The second-order valence-corrected chi connectivity index (χ2v) is 17.0. The Hall–Kier alpha value is -4.00. The summed E-state index contributed by atoms with van der Waals surface area (Å²) in [5.41, 5.74) is 2.11. The van der Waals surface area contributed by atoms with Gasteiger partial charge in [-0.2, -0.15) is 5.26 Å². The predicted octanol–water partition coefficient (Wildman–Crippen LogP) is 9.21. The minimum Gasteiger partial charge on any atom is -0.497 e. The summed E-state index contributed by atoms with van der Waals surface area (Å²) in [7, 11) is 2.54. The van der Waals surface area contributed by atoms with Gasteiger partial charge in [-0.05, 0) is 114 Å². The van der Waals surface area contributed by atoms with E-state index in [-0.39, 0.29) is 11.8 Å².